The predicted molar refractivity (Wildman–Crippen MR) is 63.6 cm³/mol. The molecule has 2 aliphatic heterocycles. The number of fused-ring (bicyclic) bond motifs is 1. The number of hydrogen-bond acceptors (Lipinski definition) is 7. The average molecular weight is 263 g/mol. The summed E-state index contributed by atoms with van der Waals surface area (Å²) in [4.78, 5) is 20.4. The van der Waals surface area contributed by atoms with Crippen molar-refractivity contribution in [3.8, 4) is 5.75 Å². The fourth-order valence-corrected chi connectivity index (χ4v) is 2.02. The number of nitrogens with one attached hydrogen (secondary N) is 1. The lowest BCUT2D eigenvalue weighted by Gasteiger charge is -2.27. The Balaban J connectivity index is 1.86. The third kappa shape index (κ3) is 2.47. The summed E-state index contributed by atoms with van der Waals surface area (Å²) in [6.45, 7) is 1.27. The third-order valence-corrected chi connectivity index (χ3v) is 2.89. The lowest BCUT2D eigenvalue weighted by Crippen LogP contribution is -2.47. The van der Waals surface area contributed by atoms with E-state index in [1.165, 1.54) is 11.3 Å². The Kier molecular flexibility index (Phi) is 3.21. The summed E-state index contributed by atoms with van der Waals surface area (Å²) in [5.41, 5.74) is 3.63. The molecule has 0 amide bonds. The van der Waals surface area contributed by atoms with Crippen molar-refractivity contribution in [1.82, 2.24) is 15.7 Å². The highest BCUT2D eigenvalue weighted by Crippen LogP contribution is 2.25. The van der Waals surface area contributed by atoms with Crippen LogP contribution in [0.1, 0.15) is 5.56 Å². The molecule has 0 saturated carbocycles. The van der Waals surface area contributed by atoms with Gasteiger partial charge in [-0.1, -0.05) is 23.8 Å². The Bertz CT molecular complexity index is 494. The molecule has 0 aromatic heterocycles. The molecule has 0 bridgehead atoms. The van der Waals surface area contributed by atoms with Crippen LogP contribution in [0.4, 0.5) is 0 Å². The van der Waals surface area contributed by atoms with Crippen LogP contribution in [0.3, 0.4) is 0 Å². The molecule has 7 nitrogen and oxygen atoms in total. The lowest BCUT2D eigenvalue weighted by atomic mass is 10.2. The molecule has 0 spiro atoms. The van der Waals surface area contributed by atoms with Gasteiger partial charge in [-0.15, -0.1) is 5.06 Å². The van der Waals surface area contributed by atoms with Crippen molar-refractivity contribution in [2.24, 2.45) is 0 Å². The van der Waals surface area contributed by atoms with Crippen LogP contribution in [-0.4, -0.2) is 29.3 Å². The second-order valence-corrected chi connectivity index (χ2v) is 4.11. The standard InChI is InChI=1S/C12H13N3O4/c16-9-18-14-7-10-3-1-2-4-11(10)19-12(8-14)15-5-6-17-13-15/h1-6,9,12-13H,7-8H2. The van der Waals surface area contributed by atoms with Crippen molar-refractivity contribution >= 4 is 6.47 Å². The number of rotatable bonds is 3. The van der Waals surface area contributed by atoms with E-state index in [9.17, 15) is 4.79 Å². The zero-order chi connectivity index (χ0) is 13.1. The summed E-state index contributed by atoms with van der Waals surface area (Å²) in [7, 11) is 0. The topological polar surface area (TPSA) is 63.3 Å². The van der Waals surface area contributed by atoms with Gasteiger partial charge in [0.2, 0.25) is 6.23 Å². The number of hydrogen-bond donors (Lipinski definition) is 1. The molecule has 19 heavy (non-hydrogen) atoms. The number of hydrazine groups is 1. The zero-order valence-corrected chi connectivity index (χ0v) is 10.1. The van der Waals surface area contributed by atoms with E-state index in [1.807, 2.05) is 24.3 Å². The maximum Gasteiger partial charge on any atom is 0.313 e. The maximum absolute atomic E-state index is 10.6. The van der Waals surface area contributed by atoms with E-state index in [4.69, 9.17) is 14.4 Å². The number of benzene rings is 1. The van der Waals surface area contributed by atoms with Gasteiger partial charge in [0.1, 0.15) is 12.0 Å². The monoisotopic (exact) mass is 263 g/mol. The summed E-state index contributed by atoms with van der Waals surface area (Å²) < 4.78 is 5.91. The van der Waals surface area contributed by atoms with Crippen molar-refractivity contribution in [1.29, 1.82) is 0 Å². The molecular formula is C12H13N3O4. The second kappa shape index (κ2) is 5.17. The summed E-state index contributed by atoms with van der Waals surface area (Å²) in [5.74, 6) is 0.756. The fourth-order valence-electron chi connectivity index (χ4n) is 2.02. The highest BCUT2D eigenvalue weighted by Gasteiger charge is 2.28. The Hall–Kier alpha value is -2.25. The van der Waals surface area contributed by atoms with Crippen LogP contribution in [0.5, 0.6) is 5.75 Å². The molecule has 1 atom stereocenters. The number of carbonyl (C=O) groups excluding carboxylic acids is 1. The molecule has 0 saturated heterocycles. The van der Waals surface area contributed by atoms with Gasteiger partial charge in [-0.05, 0) is 6.07 Å². The number of hydroxylamine groups is 2. The predicted octanol–water partition coefficient (Wildman–Crippen LogP) is 0.518. The highest BCUT2D eigenvalue weighted by atomic mass is 16.7. The highest BCUT2D eigenvalue weighted by molar-refractivity contribution is 5.37. The molecule has 1 unspecified atom stereocenters. The van der Waals surface area contributed by atoms with Crippen LogP contribution in [0.25, 0.3) is 0 Å². The van der Waals surface area contributed by atoms with Gasteiger partial charge in [0.15, 0.2) is 0 Å². The third-order valence-electron chi connectivity index (χ3n) is 2.89. The van der Waals surface area contributed by atoms with Gasteiger partial charge >= 0.3 is 6.47 Å². The molecule has 2 aliphatic rings. The van der Waals surface area contributed by atoms with Crippen LogP contribution in [0.15, 0.2) is 36.7 Å². The smallest absolute Gasteiger partial charge is 0.313 e. The van der Waals surface area contributed by atoms with Gasteiger partial charge in [-0.25, -0.2) is 5.01 Å². The van der Waals surface area contributed by atoms with Gasteiger partial charge < -0.3 is 14.4 Å². The fraction of sp³-hybridized carbons (Fsp3) is 0.250. The number of ether oxygens (including phenoxy) is 1. The number of carbonyl (C=O) groups is 1. The van der Waals surface area contributed by atoms with E-state index in [1.54, 1.807) is 11.2 Å². The lowest BCUT2D eigenvalue weighted by molar-refractivity contribution is -0.188. The van der Waals surface area contributed by atoms with E-state index < -0.39 is 0 Å². The summed E-state index contributed by atoms with van der Waals surface area (Å²) in [5, 5.41) is 3.20. The summed E-state index contributed by atoms with van der Waals surface area (Å²) >= 11 is 0. The SMILES string of the molecule is O=CON1Cc2ccccc2OC(N2C=CON2)C1. The summed E-state index contributed by atoms with van der Waals surface area (Å²) in [6.07, 6.45) is 2.84. The minimum absolute atomic E-state index is 0.373. The van der Waals surface area contributed by atoms with Crippen LogP contribution >= 0.6 is 0 Å². The van der Waals surface area contributed by atoms with Crippen LogP contribution in [0, 0.1) is 0 Å². The van der Waals surface area contributed by atoms with E-state index in [0.29, 0.717) is 19.6 Å². The first kappa shape index (κ1) is 11.8. The molecular weight excluding hydrogens is 250 g/mol. The summed E-state index contributed by atoms with van der Waals surface area (Å²) in [6, 6.07) is 7.63. The molecule has 100 valence electrons. The molecule has 0 radical (unpaired) electrons. The zero-order valence-electron chi connectivity index (χ0n) is 10.1. The first-order valence-corrected chi connectivity index (χ1v) is 5.83. The molecule has 0 aliphatic carbocycles. The Labute approximate surface area is 109 Å². The van der Waals surface area contributed by atoms with Crippen molar-refractivity contribution in [3.63, 3.8) is 0 Å². The van der Waals surface area contributed by atoms with Crippen molar-refractivity contribution in [2.45, 2.75) is 12.8 Å². The maximum atomic E-state index is 10.6. The quantitative estimate of drug-likeness (QED) is 0.797. The van der Waals surface area contributed by atoms with Crippen molar-refractivity contribution < 1.29 is 19.2 Å². The van der Waals surface area contributed by atoms with E-state index in [2.05, 4.69) is 5.59 Å². The van der Waals surface area contributed by atoms with Gasteiger partial charge in [-0.3, -0.25) is 4.79 Å². The normalized spacial score (nSPS) is 22.1. The molecule has 1 aromatic rings. The Morgan fingerprint density at radius 3 is 3.11 bits per heavy atom. The molecule has 0 fully saturated rings. The van der Waals surface area contributed by atoms with E-state index in [0.717, 1.165) is 11.3 Å². The van der Waals surface area contributed by atoms with Crippen LogP contribution in [-0.2, 0) is 21.0 Å². The van der Waals surface area contributed by atoms with Crippen LogP contribution < -0.4 is 10.3 Å². The first-order chi connectivity index (χ1) is 9.36. The molecule has 7 heteroatoms. The molecule has 3 rings (SSSR count). The first-order valence-electron chi connectivity index (χ1n) is 5.83. The van der Waals surface area contributed by atoms with E-state index >= 15 is 0 Å². The second-order valence-electron chi connectivity index (χ2n) is 4.11. The molecule has 2 heterocycles. The Morgan fingerprint density at radius 2 is 2.32 bits per heavy atom. The average Bonchev–Trinajstić information content (AvgIpc) is 2.88. The number of para-hydroxylation sites is 1. The van der Waals surface area contributed by atoms with Gasteiger partial charge in [0, 0.05) is 5.56 Å². The van der Waals surface area contributed by atoms with Gasteiger partial charge in [-0.2, -0.15) is 0 Å². The van der Waals surface area contributed by atoms with Crippen molar-refractivity contribution in [2.75, 3.05) is 6.54 Å². The van der Waals surface area contributed by atoms with Crippen molar-refractivity contribution in [3.05, 3.63) is 42.3 Å². The number of nitrogens with zero attached hydrogens (tertiary/aromatic N) is 2. The minimum Gasteiger partial charge on any atom is -0.467 e. The van der Waals surface area contributed by atoms with Gasteiger partial charge in [0.25, 0.3) is 0 Å². The largest absolute Gasteiger partial charge is 0.467 e. The Morgan fingerprint density at radius 1 is 1.42 bits per heavy atom. The van der Waals surface area contributed by atoms with E-state index in [-0.39, 0.29) is 6.23 Å². The minimum atomic E-state index is -0.373. The van der Waals surface area contributed by atoms with Crippen LogP contribution in [0.2, 0.25) is 0 Å². The van der Waals surface area contributed by atoms with Gasteiger partial charge in [0.05, 0.1) is 19.3 Å². The molecule has 1 aromatic carbocycles. The molecule has 1 N–H and O–H groups in total.